The van der Waals surface area contributed by atoms with Gasteiger partial charge in [-0.25, -0.2) is 8.42 Å². The molecule has 17 heavy (non-hydrogen) atoms. The van der Waals surface area contributed by atoms with E-state index in [4.69, 9.17) is 8.42 Å². The SMILES string of the molecule is CC(C)[Si](C)(C)OS(=O)(=O)CCS(=O)(=O)O.[LiH]. The van der Waals surface area contributed by atoms with Crippen LogP contribution < -0.4 is 0 Å². The van der Waals surface area contributed by atoms with Crippen molar-refractivity contribution in [1.82, 2.24) is 0 Å². The van der Waals surface area contributed by atoms with Crippen LogP contribution in [0, 0.1) is 0 Å². The minimum absolute atomic E-state index is 0. The molecule has 0 amide bonds. The molecule has 10 heteroatoms. The van der Waals surface area contributed by atoms with E-state index in [2.05, 4.69) is 0 Å². The van der Waals surface area contributed by atoms with Crippen LogP contribution in [0.3, 0.4) is 0 Å². The Kier molecular flexibility index (Phi) is 7.87. The molecule has 0 aromatic heterocycles. The molecule has 1 N–H and O–H groups in total. The van der Waals surface area contributed by atoms with Gasteiger partial charge in [-0.3, -0.25) is 4.55 Å². The zero-order chi connectivity index (χ0) is 13.2. The van der Waals surface area contributed by atoms with Crippen molar-refractivity contribution in [2.75, 3.05) is 11.5 Å². The van der Waals surface area contributed by atoms with E-state index in [1.807, 2.05) is 13.8 Å². The summed E-state index contributed by atoms with van der Waals surface area (Å²) in [6.45, 7) is 7.18. The average Bonchev–Trinajstić information content (AvgIpc) is 1.97. The fourth-order valence-corrected chi connectivity index (χ4v) is 6.05. The molecule has 0 aromatic rings. The molecular weight excluding hydrogens is 279 g/mol. The summed E-state index contributed by atoms with van der Waals surface area (Å²) >= 11 is 0. The molecule has 0 radical (unpaired) electrons. The molecule has 0 aliphatic carbocycles. The van der Waals surface area contributed by atoms with Crippen molar-refractivity contribution in [2.24, 2.45) is 0 Å². The first kappa shape index (κ1) is 20.0. The van der Waals surface area contributed by atoms with Gasteiger partial charge in [0.2, 0.25) is 8.32 Å². The third-order valence-electron chi connectivity index (χ3n) is 2.32. The average molecular weight is 298 g/mol. The van der Waals surface area contributed by atoms with Crippen molar-refractivity contribution in [2.45, 2.75) is 32.5 Å². The maximum absolute atomic E-state index is 11.4. The third-order valence-corrected chi connectivity index (χ3v) is 9.52. The molecule has 0 spiro atoms. The van der Waals surface area contributed by atoms with Crippen LogP contribution in [0.1, 0.15) is 13.8 Å². The van der Waals surface area contributed by atoms with Gasteiger partial charge in [-0.2, -0.15) is 8.42 Å². The number of rotatable bonds is 6. The normalized spacial score (nSPS) is 13.5. The van der Waals surface area contributed by atoms with E-state index in [0.29, 0.717) is 0 Å². The van der Waals surface area contributed by atoms with Crippen molar-refractivity contribution in [3.05, 3.63) is 0 Å². The molecule has 0 aliphatic heterocycles. The van der Waals surface area contributed by atoms with Crippen LogP contribution in [0.25, 0.3) is 0 Å². The molecule has 0 atom stereocenters. The van der Waals surface area contributed by atoms with E-state index >= 15 is 0 Å². The fourth-order valence-electron chi connectivity index (χ4n) is 0.673. The summed E-state index contributed by atoms with van der Waals surface area (Å²) in [7, 11) is -10.5. The van der Waals surface area contributed by atoms with E-state index in [9.17, 15) is 16.8 Å². The summed E-state index contributed by atoms with van der Waals surface area (Å²) in [6.07, 6.45) is 0. The van der Waals surface area contributed by atoms with Gasteiger partial charge in [0, 0.05) is 0 Å². The second kappa shape index (κ2) is 6.70. The molecule has 100 valence electrons. The predicted octanol–water partition coefficient (Wildman–Crippen LogP) is 0.187. The molecule has 0 heterocycles. The third kappa shape index (κ3) is 9.24. The summed E-state index contributed by atoms with van der Waals surface area (Å²) in [6, 6.07) is 0. The molecule has 0 aromatic carbocycles. The Bertz CT molecular complexity index is 427. The van der Waals surface area contributed by atoms with Gasteiger partial charge in [0.05, 0.1) is 11.5 Å². The van der Waals surface area contributed by atoms with E-state index in [-0.39, 0.29) is 24.4 Å². The Morgan fingerprint density at radius 2 is 1.53 bits per heavy atom. The zero-order valence-electron chi connectivity index (χ0n) is 9.80. The van der Waals surface area contributed by atoms with Crippen molar-refractivity contribution < 1.29 is 25.3 Å². The number of hydrogen-bond donors (Lipinski definition) is 1. The molecule has 0 unspecified atom stereocenters. The molecular formula is C7H19LiO6S2Si. The van der Waals surface area contributed by atoms with Gasteiger partial charge in [-0.15, -0.1) is 0 Å². The van der Waals surface area contributed by atoms with Crippen LogP contribution in [0.15, 0.2) is 0 Å². The molecule has 0 saturated heterocycles. The number of hydrogen-bond acceptors (Lipinski definition) is 5. The van der Waals surface area contributed by atoms with E-state index in [0.717, 1.165) is 0 Å². The van der Waals surface area contributed by atoms with Crippen LogP contribution in [0.5, 0.6) is 0 Å². The molecule has 6 nitrogen and oxygen atoms in total. The Morgan fingerprint density at radius 3 is 1.82 bits per heavy atom. The molecule has 0 fully saturated rings. The molecule has 0 bridgehead atoms. The van der Waals surface area contributed by atoms with Crippen molar-refractivity contribution >= 4 is 47.4 Å². The first-order valence-corrected chi connectivity index (χ1v) is 10.9. The van der Waals surface area contributed by atoms with E-state index < -0.39 is 40.1 Å². The van der Waals surface area contributed by atoms with E-state index in [1.165, 1.54) is 0 Å². The van der Waals surface area contributed by atoms with Crippen molar-refractivity contribution in [3.8, 4) is 0 Å². The standard InChI is InChI=1S/C7H18O6S2Si.Li.H/c1-7(2)16(3,4)13-15(11,12)6-5-14(8,9)10;;/h7H,5-6H2,1-4H3,(H,8,9,10);;. The Balaban J connectivity index is 0. The van der Waals surface area contributed by atoms with Crippen LogP contribution in [0.2, 0.25) is 18.6 Å². The van der Waals surface area contributed by atoms with Gasteiger partial charge >= 0.3 is 18.9 Å². The summed E-state index contributed by atoms with van der Waals surface area (Å²) in [5.41, 5.74) is 0.0907. The van der Waals surface area contributed by atoms with Gasteiger partial charge in [-0.05, 0) is 18.6 Å². The van der Waals surface area contributed by atoms with Crippen molar-refractivity contribution in [3.63, 3.8) is 0 Å². The second-order valence-electron chi connectivity index (χ2n) is 4.39. The van der Waals surface area contributed by atoms with Crippen molar-refractivity contribution in [1.29, 1.82) is 0 Å². The Hall–Kier alpha value is 0.634. The molecule has 0 aliphatic rings. The quantitative estimate of drug-likeness (QED) is 0.555. The fraction of sp³-hybridized carbons (Fsp3) is 1.00. The molecule has 0 saturated carbocycles. The van der Waals surface area contributed by atoms with E-state index in [1.54, 1.807) is 13.1 Å². The van der Waals surface area contributed by atoms with Crippen LogP contribution >= 0.6 is 0 Å². The summed E-state index contributed by atoms with van der Waals surface area (Å²) in [5, 5.41) is 0. The van der Waals surface area contributed by atoms with Gasteiger partial charge in [0.25, 0.3) is 20.2 Å². The second-order valence-corrected chi connectivity index (χ2v) is 12.5. The predicted molar refractivity (Wildman–Crippen MR) is 71.0 cm³/mol. The van der Waals surface area contributed by atoms with Gasteiger partial charge in [0.1, 0.15) is 0 Å². The zero-order valence-corrected chi connectivity index (χ0v) is 12.4. The summed E-state index contributed by atoms with van der Waals surface area (Å²) in [4.78, 5) is 0. The first-order valence-electron chi connectivity index (χ1n) is 4.74. The van der Waals surface area contributed by atoms with Crippen LogP contribution in [-0.2, 0) is 24.1 Å². The monoisotopic (exact) mass is 298 g/mol. The molecule has 0 rings (SSSR count). The Labute approximate surface area is 116 Å². The van der Waals surface area contributed by atoms with Gasteiger partial charge in [-0.1, -0.05) is 13.8 Å². The van der Waals surface area contributed by atoms with Gasteiger partial charge < -0.3 is 3.87 Å². The van der Waals surface area contributed by atoms with Crippen LogP contribution in [0.4, 0.5) is 0 Å². The minimum atomic E-state index is -4.28. The summed E-state index contributed by atoms with van der Waals surface area (Å²) < 4.78 is 57.2. The first-order chi connectivity index (χ1) is 6.86. The maximum atomic E-state index is 11.4. The van der Waals surface area contributed by atoms with Gasteiger partial charge in [0.15, 0.2) is 0 Å². The Morgan fingerprint density at radius 1 is 1.12 bits per heavy atom. The topological polar surface area (TPSA) is 97.7 Å². The van der Waals surface area contributed by atoms with Crippen LogP contribution in [-0.4, -0.2) is 60.1 Å². The summed E-state index contributed by atoms with van der Waals surface area (Å²) in [5.74, 6) is -1.55.